The number of nitrogens with zero attached hydrogens (tertiary/aromatic N) is 2. The van der Waals surface area contributed by atoms with Gasteiger partial charge in [-0.05, 0) is 38.1 Å². The van der Waals surface area contributed by atoms with E-state index >= 15 is 0 Å². The molecule has 1 amide bonds. The summed E-state index contributed by atoms with van der Waals surface area (Å²) in [6.07, 6.45) is 0.544. The minimum absolute atomic E-state index is 0.0294. The Hall–Kier alpha value is -1.53. The molecule has 2 fully saturated rings. The van der Waals surface area contributed by atoms with Crippen molar-refractivity contribution in [1.29, 1.82) is 0 Å². The Labute approximate surface area is 122 Å². The maximum Gasteiger partial charge on any atom is 0.238 e. The number of hydrogen-bond acceptors (Lipinski definition) is 3. The van der Waals surface area contributed by atoms with Gasteiger partial charge in [-0.15, -0.1) is 0 Å². The first-order valence-corrected chi connectivity index (χ1v) is 7.21. The predicted octanol–water partition coefficient (Wildman–Crippen LogP) is 1.35. The smallest absolute Gasteiger partial charge is 0.238 e. The van der Waals surface area contributed by atoms with E-state index in [1.807, 2.05) is 0 Å². The second-order valence-corrected chi connectivity index (χ2v) is 5.91. The molecule has 1 aromatic rings. The van der Waals surface area contributed by atoms with Gasteiger partial charge in [-0.1, -0.05) is 0 Å². The van der Waals surface area contributed by atoms with Crippen molar-refractivity contribution in [3.8, 4) is 0 Å². The molecule has 1 aromatic carbocycles. The van der Waals surface area contributed by atoms with E-state index in [1.165, 1.54) is 12.1 Å². The molecule has 1 N–H and O–H groups in total. The van der Waals surface area contributed by atoms with Crippen LogP contribution in [0.5, 0.6) is 0 Å². The van der Waals surface area contributed by atoms with E-state index in [1.54, 1.807) is 4.90 Å². The van der Waals surface area contributed by atoms with E-state index in [2.05, 4.69) is 17.3 Å². The Morgan fingerprint density at radius 3 is 2.86 bits per heavy atom. The highest BCUT2D eigenvalue weighted by molar-refractivity contribution is 5.81. The number of rotatable bonds is 3. The molecule has 0 aliphatic carbocycles. The zero-order valence-corrected chi connectivity index (χ0v) is 12.0. The first-order valence-electron chi connectivity index (χ1n) is 7.21. The van der Waals surface area contributed by atoms with Crippen LogP contribution in [0.3, 0.4) is 0 Å². The van der Waals surface area contributed by atoms with Gasteiger partial charge in [0, 0.05) is 24.7 Å². The number of carbonyl (C=O) groups excluding carboxylic acids is 1. The van der Waals surface area contributed by atoms with Gasteiger partial charge in [-0.3, -0.25) is 10.1 Å². The number of likely N-dealkylation sites (tertiary alicyclic amines) is 1. The number of halogens is 2. The summed E-state index contributed by atoms with van der Waals surface area (Å²) in [6, 6.07) is 3.50. The van der Waals surface area contributed by atoms with Crippen molar-refractivity contribution < 1.29 is 13.6 Å². The zero-order valence-electron chi connectivity index (χ0n) is 12.0. The first-order chi connectivity index (χ1) is 10.0. The van der Waals surface area contributed by atoms with Crippen LogP contribution in [0.2, 0.25) is 0 Å². The van der Waals surface area contributed by atoms with Crippen LogP contribution in [0.25, 0.3) is 0 Å². The monoisotopic (exact) mass is 295 g/mol. The van der Waals surface area contributed by atoms with E-state index in [-0.39, 0.29) is 12.5 Å². The van der Waals surface area contributed by atoms with E-state index in [4.69, 9.17) is 0 Å². The summed E-state index contributed by atoms with van der Waals surface area (Å²) in [6.45, 7) is 2.78. The molecule has 6 heteroatoms. The second kappa shape index (κ2) is 5.69. The maximum atomic E-state index is 14.0. The zero-order chi connectivity index (χ0) is 15.0. The van der Waals surface area contributed by atoms with Crippen LogP contribution < -0.4 is 5.32 Å². The van der Waals surface area contributed by atoms with Gasteiger partial charge in [0.2, 0.25) is 5.91 Å². The van der Waals surface area contributed by atoms with Crippen molar-refractivity contribution in [3.63, 3.8) is 0 Å². The average Bonchev–Trinajstić information content (AvgIpc) is 2.99. The quantitative estimate of drug-likeness (QED) is 0.914. The molecule has 4 nitrogen and oxygen atoms in total. The molecule has 2 unspecified atom stereocenters. The normalized spacial score (nSPS) is 26.8. The van der Waals surface area contributed by atoms with Crippen LogP contribution in [-0.2, 0) is 4.79 Å². The molecular formula is C15H19F2N3O. The van der Waals surface area contributed by atoms with Gasteiger partial charge in [-0.2, -0.15) is 0 Å². The second-order valence-electron chi connectivity index (χ2n) is 5.91. The minimum Gasteiger partial charge on any atom is -0.321 e. The van der Waals surface area contributed by atoms with Gasteiger partial charge in [0.25, 0.3) is 0 Å². The van der Waals surface area contributed by atoms with Crippen LogP contribution in [0, 0.1) is 17.6 Å². The number of amides is 1. The molecule has 0 spiro atoms. The predicted molar refractivity (Wildman–Crippen MR) is 74.4 cm³/mol. The SMILES string of the molecule is CN1CCC(CN2C(=O)CNC2c2ccc(F)cc2F)C1. The van der Waals surface area contributed by atoms with Crippen LogP contribution in [0.4, 0.5) is 8.78 Å². The van der Waals surface area contributed by atoms with Crippen molar-refractivity contribution in [1.82, 2.24) is 15.1 Å². The molecule has 2 atom stereocenters. The average molecular weight is 295 g/mol. The maximum absolute atomic E-state index is 14.0. The molecule has 0 aromatic heterocycles. The van der Waals surface area contributed by atoms with Crippen molar-refractivity contribution in [3.05, 3.63) is 35.4 Å². The first kappa shape index (κ1) is 14.4. The molecule has 2 aliphatic heterocycles. The topological polar surface area (TPSA) is 35.6 Å². The highest BCUT2D eigenvalue weighted by atomic mass is 19.1. The lowest BCUT2D eigenvalue weighted by molar-refractivity contribution is -0.128. The van der Waals surface area contributed by atoms with Crippen LogP contribution >= 0.6 is 0 Å². The Bertz CT molecular complexity index is 552. The fraction of sp³-hybridized carbons (Fsp3) is 0.533. The van der Waals surface area contributed by atoms with E-state index in [0.717, 1.165) is 25.6 Å². The summed E-state index contributed by atoms with van der Waals surface area (Å²) in [4.78, 5) is 16.0. The third kappa shape index (κ3) is 2.91. The third-order valence-electron chi connectivity index (χ3n) is 4.28. The summed E-state index contributed by atoms with van der Waals surface area (Å²) in [7, 11) is 2.06. The molecule has 2 heterocycles. The number of nitrogens with one attached hydrogen (secondary N) is 1. The van der Waals surface area contributed by atoms with Crippen molar-refractivity contribution in [2.24, 2.45) is 5.92 Å². The van der Waals surface area contributed by atoms with Crippen molar-refractivity contribution in [2.45, 2.75) is 12.6 Å². The number of carbonyl (C=O) groups is 1. The molecule has 3 rings (SSSR count). The third-order valence-corrected chi connectivity index (χ3v) is 4.28. The number of benzene rings is 1. The van der Waals surface area contributed by atoms with Gasteiger partial charge in [-0.25, -0.2) is 8.78 Å². The van der Waals surface area contributed by atoms with E-state index in [0.29, 0.717) is 18.0 Å². The van der Waals surface area contributed by atoms with Gasteiger partial charge in [0.05, 0.1) is 6.54 Å². The summed E-state index contributed by atoms with van der Waals surface area (Å²) in [5.41, 5.74) is 0.327. The Morgan fingerprint density at radius 1 is 1.38 bits per heavy atom. The largest absolute Gasteiger partial charge is 0.321 e. The Morgan fingerprint density at radius 2 is 2.19 bits per heavy atom. The fourth-order valence-electron chi connectivity index (χ4n) is 3.20. The lowest BCUT2D eigenvalue weighted by Gasteiger charge is -2.27. The molecule has 114 valence electrons. The van der Waals surface area contributed by atoms with Crippen molar-refractivity contribution >= 4 is 5.91 Å². The van der Waals surface area contributed by atoms with Crippen molar-refractivity contribution in [2.75, 3.05) is 33.2 Å². The molecule has 0 radical (unpaired) electrons. The molecule has 0 bridgehead atoms. The summed E-state index contributed by atoms with van der Waals surface area (Å²) in [5.74, 6) is -0.844. The molecule has 2 aliphatic rings. The van der Waals surface area contributed by atoms with Gasteiger partial charge >= 0.3 is 0 Å². The van der Waals surface area contributed by atoms with Crippen LogP contribution in [0.15, 0.2) is 18.2 Å². The summed E-state index contributed by atoms with van der Waals surface area (Å²) < 4.78 is 27.0. The standard InChI is InChI=1S/C15H19F2N3O/c1-19-5-4-10(8-19)9-20-14(21)7-18-15(20)12-3-2-11(16)6-13(12)17/h2-3,6,10,15,18H,4-5,7-9H2,1H3. The highest BCUT2D eigenvalue weighted by Crippen LogP contribution is 2.28. The molecule has 0 saturated carbocycles. The Balaban J connectivity index is 1.78. The van der Waals surface area contributed by atoms with Gasteiger partial charge in [0.15, 0.2) is 0 Å². The molecular weight excluding hydrogens is 276 g/mol. The summed E-state index contributed by atoms with van der Waals surface area (Å²) >= 11 is 0. The minimum atomic E-state index is -0.615. The van der Waals surface area contributed by atoms with E-state index < -0.39 is 17.8 Å². The van der Waals surface area contributed by atoms with E-state index in [9.17, 15) is 13.6 Å². The summed E-state index contributed by atoms with van der Waals surface area (Å²) in [5, 5.41) is 3.02. The highest BCUT2D eigenvalue weighted by Gasteiger charge is 2.35. The lowest BCUT2D eigenvalue weighted by atomic mass is 10.1. The van der Waals surface area contributed by atoms with Crippen LogP contribution in [-0.4, -0.2) is 48.9 Å². The molecule has 2 saturated heterocycles. The Kier molecular flexibility index (Phi) is 3.91. The van der Waals surface area contributed by atoms with Gasteiger partial charge < -0.3 is 9.80 Å². The van der Waals surface area contributed by atoms with Crippen LogP contribution in [0.1, 0.15) is 18.2 Å². The lowest BCUT2D eigenvalue weighted by Crippen LogP contribution is -2.36. The number of hydrogen-bond donors (Lipinski definition) is 1. The molecule has 21 heavy (non-hydrogen) atoms. The fourth-order valence-corrected chi connectivity index (χ4v) is 3.20. The van der Waals surface area contributed by atoms with Gasteiger partial charge in [0.1, 0.15) is 17.8 Å².